The minimum absolute atomic E-state index is 0.329. The second-order valence-electron chi connectivity index (χ2n) is 11.8. The van der Waals surface area contributed by atoms with Gasteiger partial charge in [0, 0.05) is 16.5 Å². The van der Waals surface area contributed by atoms with Gasteiger partial charge in [0.1, 0.15) is 8.07 Å². The van der Waals surface area contributed by atoms with Crippen molar-refractivity contribution in [1.29, 1.82) is 0 Å². The molecule has 5 aromatic rings. The molecular formula is C32H34BNO2Si. The second kappa shape index (κ2) is 8.45. The van der Waals surface area contributed by atoms with Gasteiger partial charge in [-0.25, -0.2) is 0 Å². The van der Waals surface area contributed by atoms with Crippen molar-refractivity contribution in [1.82, 2.24) is 4.57 Å². The molecule has 0 bridgehead atoms. The van der Waals surface area contributed by atoms with E-state index in [-0.39, 0.29) is 18.3 Å². The van der Waals surface area contributed by atoms with Crippen LogP contribution in [0.4, 0.5) is 0 Å². The van der Waals surface area contributed by atoms with Crippen molar-refractivity contribution in [2.45, 2.75) is 52.0 Å². The zero-order valence-corrected chi connectivity index (χ0v) is 23.6. The number of hydrogen-bond acceptors (Lipinski definition) is 2. The normalized spacial score (nSPS) is 17.1. The fourth-order valence-electron chi connectivity index (χ4n) is 5.42. The molecule has 3 nitrogen and oxygen atoms in total. The van der Waals surface area contributed by atoms with Crippen molar-refractivity contribution in [2.75, 3.05) is 0 Å². The highest BCUT2D eigenvalue weighted by molar-refractivity contribution is 7.00. The molecule has 1 aliphatic heterocycles. The summed E-state index contributed by atoms with van der Waals surface area (Å²) < 4.78 is 14.9. The molecule has 186 valence electrons. The Hall–Kier alpha value is -3.12. The molecule has 0 aliphatic carbocycles. The summed E-state index contributed by atoms with van der Waals surface area (Å²) in [7, 11) is -2.27. The van der Waals surface area contributed by atoms with Crippen LogP contribution in [0.15, 0.2) is 97.1 Å². The minimum Gasteiger partial charge on any atom is -0.399 e. The highest BCUT2D eigenvalue weighted by Crippen LogP contribution is 2.36. The Bertz CT molecular complexity index is 1590. The number of hydrogen-bond donors (Lipinski definition) is 0. The standard InChI is InChI=1S/C32H34BNO2Si/c1-31(2)32(3,4)36-33(35-31)23-16-18-25(19-17-23)37(5,6)26-20-21-30-28(22-26)27-14-10-11-15-29(27)34(30)24-12-8-7-9-13-24/h7-22H,1-6H3. The number of fused-ring (bicyclic) bond motifs is 3. The van der Waals surface area contributed by atoms with Gasteiger partial charge in [0.2, 0.25) is 0 Å². The lowest BCUT2D eigenvalue weighted by atomic mass is 9.79. The average Bonchev–Trinajstić information content (AvgIpc) is 3.33. The van der Waals surface area contributed by atoms with Gasteiger partial charge in [-0.15, -0.1) is 0 Å². The summed E-state index contributed by atoms with van der Waals surface area (Å²) in [5.41, 5.74) is 4.09. The predicted molar refractivity (Wildman–Crippen MR) is 160 cm³/mol. The van der Waals surface area contributed by atoms with Gasteiger partial charge >= 0.3 is 7.12 Å². The van der Waals surface area contributed by atoms with Crippen LogP contribution < -0.4 is 15.8 Å². The Labute approximate surface area is 221 Å². The summed E-state index contributed by atoms with van der Waals surface area (Å²) in [5.74, 6) is 0. The number of aromatic nitrogens is 1. The number of para-hydroxylation sites is 2. The SMILES string of the molecule is CC1(C)OB(c2ccc([Si](C)(C)c3ccc4c(c3)c3ccccc3n4-c3ccccc3)cc2)OC1(C)C. The molecule has 0 amide bonds. The molecule has 1 aromatic heterocycles. The Morgan fingerprint density at radius 1 is 0.622 bits per heavy atom. The molecule has 0 saturated carbocycles. The van der Waals surface area contributed by atoms with Gasteiger partial charge < -0.3 is 13.9 Å². The zero-order valence-electron chi connectivity index (χ0n) is 22.6. The summed E-state index contributed by atoms with van der Waals surface area (Å²) in [6.07, 6.45) is 0. The van der Waals surface area contributed by atoms with Gasteiger partial charge in [-0.1, -0.05) is 96.3 Å². The molecule has 37 heavy (non-hydrogen) atoms. The van der Waals surface area contributed by atoms with Crippen LogP contribution in [-0.4, -0.2) is 31.0 Å². The van der Waals surface area contributed by atoms with E-state index < -0.39 is 8.07 Å². The molecular weight excluding hydrogens is 469 g/mol. The molecule has 2 heterocycles. The molecule has 0 N–H and O–H groups in total. The van der Waals surface area contributed by atoms with Gasteiger partial charge in [0.05, 0.1) is 22.2 Å². The van der Waals surface area contributed by atoms with E-state index in [0.29, 0.717) is 0 Å². The van der Waals surface area contributed by atoms with E-state index >= 15 is 0 Å². The maximum Gasteiger partial charge on any atom is 0.494 e. The fraction of sp³-hybridized carbons (Fsp3) is 0.250. The monoisotopic (exact) mass is 503 g/mol. The van der Waals surface area contributed by atoms with Gasteiger partial charge in [-0.05, 0) is 57.4 Å². The molecule has 6 rings (SSSR count). The van der Waals surface area contributed by atoms with Crippen molar-refractivity contribution in [3.63, 3.8) is 0 Å². The average molecular weight is 504 g/mol. The largest absolute Gasteiger partial charge is 0.494 e. The second-order valence-corrected chi connectivity index (χ2v) is 16.2. The molecule has 4 aromatic carbocycles. The van der Waals surface area contributed by atoms with Crippen molar-refractivity contribution >= 4 is 52.8 Å². The van der Waals surface area contributed by atoms with Crippen LogP contribution in [0.3, 0.4) is 0 Å². The maximum absolute atomic E-state index is 6.27. The Morgan fingerprint density at radius 2 is 1.19 bits per heavy atom. The number of rotatable bonds is 4. The summed E-state index contributed by atoms with van der Waals surface area (Å²) in [6.45, 7) is 13.3. The van der Waals surface area contributed by atoms with E-state index in [4.69, 9.17) is 9.31 Å². The van der Waals surface area contributed by atoms with E-state index in [0.717, 1.165) is 5.46 Å². The van der Waals surface area contributed by atoms with Crippen LogP contribution >= 0.6 is 0 Å². The molecule has 5 heteroatoms. The lowest BCUT2D eigenvalue weighted by Crippen LogP contribution is -2.53. The van der Waals surface area contributed by atoms with Crippen LogP contribution in [0.25, 0.3) is 27.5 Å². The van der Waals surface area contributed by atoms with Crippen molar-refractivity contribution in [2.24, 2.45) is 0 Å². The topological polar surface area (TPSA) is 23.4 Å². The van der Waals surface area contributed by atoms with Crippen LogP contribution in [0.5, 0.6) is 0 Å². The molecule has 1 aliphatic rings. The predicted octanol–water partition coefficient (Wildman–Crippen LogP) is 5.91. The van der Waals surface area contributed by atoms with Gasteiger partial charge in [-0.3, -0.25) is 0 Å². The van der Waals surface area contributed by atoms with Gasteiger partial charge in [-0.2, -0.15) is 0 Å². The van der Waals surface area contributed by atoms with Crippen LogP contribution in [-0.2, 0) is 9.31 Å². The fourth-order valence-corrected chi connectivity index (χ4v) is 7.76. The molecule has 0 radical (unpaired) electrons. The molecule has 0 atom stereocenters. The third kappa shape index (κ3) is 3.88. The molecule has 0 spiro atoms. The van der Waals surface area contributed by atoms with Gasteiger partial charge in [0.25, 0.3) is 0 Å². The van der Waals surface area contributed by atoms with Gasteiger partial charge in [0.15, 0.2) is 0 Å². The van der Waals surface area contributed by atoms with E-state index in [1.54, 1.807) is 0 Å². The summed E-state index contributed by atoms with van der Waals surface area (Å²) in [4.78, 5) is 0. The van der Waals surface area contributed by atoms with E-state index in [2.05, 4.69) is 142 Å². The van der Waals surface area contributed by atoms with Crippen LogP contribution in [0.2, 0.25) is 13.1 Å². The highest BCUT2D eigenvalue weighted by atomic mass is 28.3. The lowest BCUT2D eigenvalue weighted by Gasteiger charge is -2.32. The highest BCUT2D eigenvalue weighted by Gasteiger charge is 2.51. The summed E-state index contributed by atoms with van der Waals surface area (Å²) in [5, 5.41) is 5.44. The van der Waals surface area contributed by atoms with E-state index in [1.165, 1.54) is 37.9 Å². The molecule has 0 unspecified atom stereocenters. The zero-order chi connectivity index (χ0) is 26.0. The number of nitrogens with zero attached hydrogens (tertiary/aromatic N) is 1. The number of benzene rings is 4. The van der Waals surface area contributed by atoms with Crippen molar-refractivity contribution in [3.8, 4) is 5.69 Å². The first-order valence-corrected chi connectivity index (χ1v) is 16.1. The lowest BCUT2D eigenvalue weighted by molar-refractivity contribution is 0.00578. The van der Waals surface area contributed by atoms with Crippen molar-refractivity contribution < 1.29 is 9.31 Å². The smallest absolute Gasteiger partial charge is 0.399 e. The first-order chi connectivity index (χ1) is 17.6. The molecule has 1 fully saturated rings. The third-order valence-corrected chi connectivity index (χ3v) is 12.1. The first-order valence-electron chi connectivity index (χ1n) is 13.1. The van der Waals surface area contributed by atoms with E-state index in [9.17, 15) is 0 Å². The molecule has 1 saturated heterocycles. The third-order valence-electron chi connectivity index (χ3n) is 8.57. The maximum atomic E-state index is 6.27. The summed E-state index contributed by atoms with van der Waals surface area (Å²) in [6, 6.07) is 35.4. The Balaban J connectivity index is 1.39. The van der Waals surface area contributed by atoms with Crippen molar-refractivity contribution in [3.05, 3.63) is 97.1 Å². The Kier molecular flexibility index (Phi) is 5.54. The first kappa shape index (κ1) is 24.2. The van der Waals surface area contributed by atoms with E-state index in [1.807, 2.05) is 0 Å². The quantitative estimate of drug-likeness (QED) is 0.285. The minimum atomic E-state index is -1.94. The summed E-state index contributed by atoms with van der Waals surface area (Å²) >= 11 is 0. The van der Waals surface area contributed by atoms with Crippen LogP contribution in [0.1, 0.15) is 27.7 Å². The Morgan fingerprint density at radius 3 is 1.86 bits per heavy atom. The van der Waals surface area contributed by atoms with Crippen LogP contribution in [0, 0.1) is 0 Å².